The molecule has 164 valence electrons. The van der Waals surface area contributed by atoms with Gasteiger partial charge in [-0.05, 0) is 68.0 Å². The van der Waals surface area contributed by atoms with Crippen molar-refractivity contribution in [3.8, 4) is 0 Å². The number of aromatic nitrogens is 2. The number of piperidine rings is 1. The number of hydrogen-bond acceptors (Lipinski definition) is 6. The molecule has 0 atom stereocenters. The van der Waals surface area contributed by atoms with Crippen LogP contribution in [0, 0.1) is 5.92 Å². The molecule has 0 bridgehead atoms. The van der Waals surface area contributed by atoms with Crippen molar-refractivity contribution in [2.24, 2.45) is 5.92 Å². The van der Waals surface area contributed by atoms with Crippen LogP contribution < -0.4 is 5.32 Å². The molecular weight excluding hydrogens is 432 g/mol. The SMILES string of the molecule is C=CC(=O)Nc1ccc(Sc2ccnc(CC3CCN(S(=O)(=O)C4CC4)CC3)n2)cc1. The molecule has 9 heteroatoms. The summed E-state index contributed by atoms with van der Waals surface area (Å²) in [6, 6.07) is 9.43. The molecule has 7 nitrogen and oxygen atoms in total. The zero-order chi connectivity index (χ0) is 21.8. The highest BCUT2D eigenvalue weighted by atomic mass is 32.2. The van der Waals surface area contributed by atoms with E-state index >= 15 is 0 Å². The van der Waals surface area contributed by atoms with Crippen molar-refractivity contribution in [2.45, 2.75) is 47.3 Å². The van der Waals surface area contributed by atoms with Gasteiger partial charge in [0.1, 0.15) is 10.9 Å². The maximum Gasteiger partial charge on any atom is 0.247 e. The molecule has 1 aliphatic carbocycles. The number of sulfonamides is 1. The fourth-order valence-corrected chi connectivity index (χ4v) is 6.33. The number of nitrogens with one attached hydrogen (secondary N) is 1. The lowest BCUT2D eigenvalue weighted by atomic mass is 9.94. The molecule has 1 N–H and O–H groups in total. The Morgan fingerprint density at radius 2 is 1.87 bits per heavy atom. The van der Waals surface area contributed by atoms with Crippen molar-refractivity contribution in [3.05, 3.63) is 55.0 Å². The minimum atomic E-state index is -3.07. The lowest BCUT2D eigenvalue weighted by molar-refractivity contribution is -0.111. The highest BCUT2D eigenvalue weighted by Gasteiger charge is 2.41. The van der Waals surface area contributed by atoms with Gasteiger partial charge in [0.15, 0.2) is 0 Å². The third kappa shape index (κ3) is 5.72. The minimum absolute atomic E-state index is 0.131. The normalized spacial score (nSPS) is 17.9. The molecule has 1 saturated heterocycles. The lowest BCUT2D eigenvalue weighted by Gasteiger charge is -2.31. The number of benzene rings is 1. The van der Waals surface area contributed by atoms with Gasteiger partial charge in [0.2, 0.25) is 15.9 Å². The Hall–Kier alpha value is -2.23. The molecule has 0 unspecified atom stereocenters. The fourth-order valence-electron chi connectivity index (χ4n) is 3.66. The van der Waals surface area contributed by atoms with Crippen LogP contribution in [0.15, 0.2) is 59.1 Å². The van der Waals surface area contributed by atoms with Gasteiger partial charge < -0.3 is 5.32 Å². The van der Waals surface area contributed by atoms with Gasteiger partial charge in [-0.1, -0.05) is 18.3 Å². The third-order valence-electron chi connectivity index (χ3n) is 5.56. The summed E-state index contributed by atoms with van der Waals surface area (Å²) < 4.78 is 26.5. The molecule has 4 rings (SSSR count). The van der Waals surface area contributed by atoms with Crippen LogP contribution in [0.5, 0.6) is 0 Å². The summed E-state index contributed by atoms with van der Waals surface area (Å²) in [6.07, 6.45) is 7.10. The zero-order valence-corrected chi connectivity index (χ0v) is 18.9. The Bertz CT molecular complexity index is 1040. The van der Waals surface area contributed by atoms with E-state index in [2.05, 4.69) is 21.9 Å². The molecule has 0 radical (unpaired) electrons. The highest BCUT2D eigenvalue weighted by Crippen LogP contribution is 2.33. The summed E-state index contributed by atoms with van der Waals surface area (Å²) in [5.74, 6) is 0.957. The van der Waals surface area contributed by atoms with Crippen molar-refractivity contribution < 1.29 is 13.2 Å². The quantitative estimate of drug-likeness (QED) is 0.481. The summed E-state index contributed by atoms with van der Waals surface area (Å²) in [4.78, 5) is 21.5. The number of carbonyl (C=O) groups excluding carboxylic acids is 1. The highest BCUT2D eigenvalue weighted by molar-refractivity contribution is 7.99. The van der Waals surface area contributed by atoms with Crippen LogP contribution >= 0.6 is 11.8 Å². The van der Waals surface area contributed by atoms with E-state index in [-0.39, 0.29) is 11.2 Å². The molecule has 2 heterocycles. The molecular formula is C22H26N4O3S2. The second-order valence-corrected chi connectivity index (χ2v) is 11.2. The predicted octanol–water partition coefficient (Wildman–Crippen LogP) is 3.50. The van der Waals surface area contributed by atoms with E-state index in [1.165, 1.54) is 17.8 Å². The number of carbonyl (C=O) groups is 1. The average molecular weight is 459 g/mol. The average Bonchev–Trinajstić information content (AvgIpc) is 3.62. The Kier molecular flexibility index (Phi) is 6.74. The van der Waals surface area contributed by atoms with Crippen molar-refractivity contribution >= 4 is 33.4 Å². The molecule has 0 spiro atoms. The fraction of sp³-hybridized carbons (Fsp3) is 0.409. The molecule has 1 aromatic carbocycles. The van der Waals surface area contributed by atoms with Crippen molar-refractivity contribution in [1.82, 2.24) is 14.3 Å². The van der Waals surface area contributed by atoms with Crippen LogP contribution in [-0.2, 0) is 21.2 Å². The largest absolute Gasteiger partial charge is 0.323 e. The van der Waals surface area contributed by atoms with Gasteiger partial charge in [-0.2, -0.15) is 0 Å². The number of rotatable bonds is 8. The second kappa shape index (κ2) is 9.50. The zero-order valence-electron chi connectivity index (χ0n) is 17.2. The van der Waals surface area contributed by atoms with Crippen LogP contribution in [0.4, 0.5) is 5.69 Å². The standard InChI is InChI=1S/C22H26N4O3S2/c1-2-21(27)24-17-3-5-18(6-4-17)30-22-9-12-23-20(25-22)15-16-10-13-26(14-11-16)31(28,29)19-7-8-19/h2-6,9,12,16,19H,1,7-8,10-11,13-15H2,(H,24,27). The van der Waals surface area contributed by atoms with Gasteiger partial charge in [-0.15, -0.1) is 0 Å². The molecule has 1 aromatic heterocycles. The Morgan fingerprint density at radius 3 is 2.52 bits per heavy atom. The van der Waals surface area contributed by atoms with Gasteiger partial charge in [0.25, 0.3) is 0 Å². The first-order valence-corrected chi connectivity index (χ1v) is 12.8. The first-order chi connectivity index (χ1) is 14.9. The molecule has 2 aromatic rings. The van der Waals surface area contributed by atoms with E-state index in [4.69, 9.17) is 0 Å². The Balaban J connectivity index is 1.31. The predicted molar refractivity (Wildman–Crippen MR) is 121 cm³/mol. The Morgan fingerprint density at radius 1 is 1.16 bits per heavy atom. The first kappa shape index (κ1) is 22.0. The third-order valence-corrected chi connectivity index (χ3v) is 8.90. The number of amides is 1. The smallest absolute Gasteiger partial charge is 0.247 e. The molecule has 1 aliphatic heterocycles. The van der Waals surface area contributed by atoms with Gasteiger partial charge in [0.05, 0.1) is 5.25 Å². The lowest BCUT2D eigenvalue weighted by Crippen LogP contribution is -2.40. The van der Waals surface area contributed by atoms with Crippen LogP contribution in [0.2, 0.25) is 0 Å². The maximum absolute atomic E-state index is 12.4. The Labute approximate surface area is 187 Å². The van der Waals surface area contributed by atoms with Crippen molar-refractivity contribution in [2.75, 3.05) is 18.4 Å². The summed E-state index contributed by atoms with van der Waals surface area (Å²) in [5.41, 5.74) is 0.715. The molecule has 1 saturated carbocycles. The van der Waals surface area contributed by atoms with Gasteiger partial charge >= 0.3 is 0 Å². The maximum atomic E-state index is 12.4. The summed E-state index contributed by atoms with van der Waals surface area (Å²) in [6.45, 7) is 4.65. The van der Waals surface area contributed by atoms with Gasteiger partial charge in [0, 0.05) is 36.3 Å². The summed E-state index contributed by atoms with van der Waals surface area (Å²) >= 11 is 1.54. The van der Waals surface area contributed by atoms with E-state index in [1.54, 1.807) is 10.5 Å². The summed E-state index contributed by atoms with van der Waals surface area (Å²) in [5, 5.41) is 3.46. The number of anilines is 1. The molecule has 1 amide bonds. The number of nitrogens with zero attached hydrogens (tertiary/aromatic N) is 3. The van der Waals surface area contributed by atoms with E-state index in [1.807, 2.05) is 30.3 Å². The monoisotopic (exact) mass is 458 g/mol. The van der Waals surface area contributed by atoms with E-state index < -0.39 is 10.0 Å². The van der Waals surface area contributed by atoms with Gasteiger partial charge in [-0.3, -0.25) is 4.79 Å². The molecule has 2 fully saturated rings. The van der Waals surface area contributed by atoms with Crippen LogP contribution in [-0.4, -0.2) is 46.9 Å². The van der Waals surface area contributed by atoms with E-state index in [9.17, 15) is 13.2 Å². The van der Waals surface area contributed by atoms with Crippen LogP contribution in [0.1, 0.15) is 31.5 Å². The van der Waals surface area contributed by atoms with Crippen LogP contribution in [0.25, 0.3) is 0 Å². The number of hydrogen-bond donors (Lipinski definition) is 1. The van der Waals surface area contributed by atoms with Crippen molar-refractivity contribution in [3.63, 3.8) is 0 Å². The van der Waals surface area contributed by atoms with Crippen LogP contribution in [0.3, 0.4) is 0 Å². The second-order valence-electron chi connectivity index (χ2n) is 7.92. The van der Waals surface area contributed by atoms with E-state index in [0.717, 1.165) is 47.8 Å². The molecule has 31 heavy (non-hydrogen) atoms. The minimum Gasteiger partial charge on any atom is -0.323 e. The summed E-state index contributed by atoms with van der Waals surface area (Å²) in [7, 11) is -3.07. The molecule has 2 aliphatic rings. The topological polar surface area (TPSA) is 92.3 Å². The van der Waals surface area contributed by atoms with E-state index in [0.29, 0.717) is 24.7 Å². The van der Waals surface area contributed by atoms with Gasteiger partial charge in [-0.25, -0.2) is 22.7 Å². The first-order valence-electron chi connectivity index (χ1n) is 10.5. The van der Waals surface area contributed by atoms with Crippen molar-refractivity contribution in [1.29, 1.82) is 0 Å².